The lowest BCUT2D eigenvalue weighted by atomic mass is 10.0. The first-order valence-corrected chi connectivity index (χ1v) is 10.8. The first-order valence-electron chi connectivity index (χ1n) is 10.8. The molecule has 0 aromatic rings. The Balaban J connectivity index is -0.00000134. The molecule has 0 unspecified atom stereocenters. The summed E-state index contributed by atoms with van der Waals surface area (Å²) in [6, 6.07) is 0. The lowest BCUT2D eigenvalue weighted by Crippen LogP contribution is -2.31. The van der Waals surface area contributed by atoms with Gasteiger partial charge in [-0.25, -0.2) is 0 Å². The zero-order valence-electron chi connectivity index (χ0n) is 20.0. The summed E-state index contributed by atoms with van der Waals surface area (Å²) >= 11 is 0. The normalized spacial score (nSPS) is 11.0. The van der Waals surface area contributed by atoms with Crippen LogP contribution in [0.1, 0.15) is 94.4 Å². The van der Waals surface area contributed by atoms with E-state index in [-0.39, 0.29) is 17.1 Å². The van der Waals surface area contributed by atoms with Gasteiger partial charge in [0.25, 0.3) is 0 Å². The van der Waals surface area contributed by atoms with Gasteiger partial charge in [0.1, 0.15) is 0 Å². The van der Waals surface area contributed by atoms with Crippen molar-refractivity contribution in [1.82, 2.24) is 5.32 Å². The lowest BCUT2D eigenvalue weighted by Gasteiger charge is -2.28. The Kier molecular flexibility index (Phi) is 23.1. The van der Waals surface area contributed by atoms with Gasteiger partial charge in [0.2, 0.25) is 5.91 Å². The van der Waals surface area contributed by atoms with Crippen molar-refractivity contribution in [2.24, 2.45) is 0 Å². The SMILES string of the molecule is CC.CC.CCCC(=O)NCCCOCCC(C)(C)OCCC(C)(C)OC. The van der Waals surface area contributed by atoms with Crippen molar-refractivity contribution < 1.29 is 19.0 Å². The van der Waals surface area contributed by atoms with Crippen LogP contribution in [0.5, 0.6) is 0 Å². The molecule has 0 spiro atoms. The molecule has 27 heavy (non-hydrogen) atoms. The highest BCUT2D eigenvalue weighted by Crippen LogP contribution is 2.18. The van der Waals surface area contributed by atoms with Crippen molar-refractivity contribution in [3.05, 3.63) is 0 Å². The molecule has 0 radical (unpaired) electrons. The molecule has 1 N–H and O–H groups in total. The first-order chi connectivity index (χ1) is 12.7. The van der Waals surface area contributed by atoms with Crippen molar-refractivity contribution in [2.75, 3.05) is 33.5 Å². The molecule has 0 saturated carbocycles. The molecule has 1 amide bonds. The largest absolute Gasteiger partial charge is 0.381 e. The average Bonchev–Trinajstić information content (AvgIpc) is 2.64. The number of amides is 1. The van der Waals surface area contributed by atoms with Crippen LogP contribution in [-0.2, 0) is 19.0 Å². The van der Waals surface area contributed by atoms with E-state index in [2.05, 4.69) is 33.0 Å². The Bertz CT molecular complexity index is 317. The number of methoxy groups -OCH3 is 1. The first kappa shape index (κ1) is 31.1. The highest BCUT2D eigenvalue weighted by atomic mass is 16.5. The number of nitrogens with one attached hydrogen (secondary N) is 1. The van der Waals surface area contributed by atoms with Crippen LogP contribution in [0, 0.1) is 0 Å². The number of ether oxygens (including phenoxy) is 3. The Hall–Kier alpha value is -0.650. The predicted octanol–water partition coefficient (Wildman–Crippen LogP) is 5.36. The molecule has 0 bridgehead atoms. The number of carbonyl (C=O) groups excluding carboxylic acids is 1. The molecule has 5 heteroatoms. The summed E-state index contributed by atoms with van der Waals surface area (Å²) in [5.41, 5.74) is -0.339. The molecule has 0 fully saturated rings. The third kappa shape index (κ3) is 23.3. The van der Waals surface area contributed by atoms with E-state index in [4.69, 9.17) is 14.2 Å². The van der Waals surface area contributed by atoms with Gasteiger partial charge in [0.15, 0.2) is 0 Å². The van der Waals surface area contributed by atoms with Crippen molar-refractivity contribution in [3.63, 3.8) is 0 Å². The van der Waals surface area contributed by atoms with Gasteiger partial charge in [-0.3, -0.25) is 4.79 Å². The fourth-order valence-corrected chi connectivity index (χ4v) is 1.88. The molecule has 0 saturated heterocycles. The van der Waals surface area contributed by atoms with Crippen molar-refractivity contribution >= 4 is 5.91 Å². The van der Waals surface area contributed by atoms with Crippen LogP contribution in [0.2, 0.25) is 0 Å². The van der Waals surface area contributed by atoms with Crippen LogP contribution in [-0.4, -0.2) is 50.6 Å². The summed E-state index contributed by atoms with van der Waals surface area (Å²) in [5, 5.41) is 2.88. The van der Waals surface area contributed by atoms with Gasteiger partial charge in [0, 0.05) is 33.3 Å². The van der Waals surface area contributed by atoms with Gasteiger partial charge in [-0.15, -0.1) is 0 Å². The lowest BCUT2D eigenvalue weighted by molar-refractivity contribution is -0.121. The summed E-state index contributed by atoms with van der Waals surface area (Å²) in [7, 11) is 1.73. The molecule has 0 aromatic heterocycles. The van der Waals surface area contributed by atoms with E-state index in [0.717, 1.165) is 25.7 Å². The molecule has 166 valence electrons. The smallest absolute Gasteiger partial charge is 0.219 e. The van der Waals surface area contributed by atoms with Gasteiger partial charge < -0.3 is 19.5 Å². The van der Waals surface area contributed by atoms with Crippen LogP contribution < -0.4 is 5.32 Å². The zero-order valence-corrected chi connectivity index (χ0v) is 20.0. The van der Waals surface area contributed by atoms with Crippen molar-refractivity contribution in [2.45, 2.75) is 106 Å². The molecule has 5 nitrogen and oxygen atoms in total. The van der Waals surface area contributed by atoms with E-state index in [9.17, 15) is 4.79 Å². The van der Waals surface area contributed by atoms with Gasteiger partial charge >= 0.3 is 0 Å². The maximum Gasteiger partial charge on any atom is 0.219 e. The zero-order chi connectivity index (χ0) is 21.8. The monoisotopic (exact) mass is 391 g/mol. The summed E-state index contributed by atoms with van der Waals surface area (Å²) in [5.74, 6) is 0.126. The van der Waals surface area contributed by atoms with Gasteiger partial charge in [-0.1, -0.05) is 34.6 Å². The number of hydrogen-bond donors (Lipinski definition) is 1. The van der Waals surface area contributed by atoms with E-state index >= 15 is 0 Å². The van der Waals surface area contributed by atoms with E-state index in [1.165, 1.54) is 0 Å². The van der Waals surface area contributed by atoms with Crippen LogP contribution in [0.15, 0.2) is 0 Å². The summed E-state index contributed by atoms with van der Waals surface area (Å²) < 4.78 is 16.9. The van der Waals surface area contributed by atoms with E-state index in [1.807, 2.05) is 34.6 Å². The van der Waals surface area contributed by atoms with E-state index < -0.39 is 0 Å². The highest BCUT2D eigenvalue weighted by molar-refractivity contribution is 5.75. The Morgan fingerprint density at radius 2 is 1.44 bits per heavy atom. The standard InChI is InChI=1S/C18H37NO4.2C2H6/c1-7-9-16(20)19-12-8-13-22-14-10-18(4,5)23-15-11-17(2,3)21-6;2*1-2/h7-15H2,1-6H3,(H,19,20);2*1-2H3. The Morgan fingerprint density at radius 1 is 0.889 bits per heavy atom. The molecular formula is C22H49NO4. The minimum Gasteiger partial charge on any atom is -0.381 e. The van der Waals surface area contributed by atoms with Gasteiger partial charge in [-0.05, 0) is 53.4 Å². The van der Waals surface area contributed by atoms with E-state index in [0.29, 0.717) is 32.8 Å². The second-order valence-corrected chi connectivity index (χ2v) is 7.14. The Labute approximate surface area is 169 Å². The fraction of sp³-hybridized carbons (Fsp3) is 0.955. The molecule has 0 rings (SSSR count). The predicted molar refractivity (Wildman–Crippen MR) is 116 cm³/mol. The average molecular weight is 392 g/mol. The van der Waals surface area contributed by atoms with Crippen LogP contribution >= 0.6 is 0 Å². The molecule has 0 heterocycles. The number of carbonyl (C=O) groups is 1. The molecule has 0 atom stereocenters. The van der Waals surface area contributed by atoms with Gasteiger partial charge in [0.05, 0.1) is 17.8 Å². The van der Waals surface area contributed by atoms with Crippen molar-refractivity contribution in [3.8, 4) is 0 Å². The summed E-state index contributed by atoms with van der Waals surface area (Å²) in [6.45, 7) is 21.0. The topological polar surface area (TPSA) is 56.8 Å². The minimum atomic E-state index is -0.195. The maximum absolute atomic E-state index is 11.3. The third-order valence-electron chi connectivity index (χ3n) is 3.86. The van der Waals surface area contributed by atoms with Crippen LogP contribution in [0.4, 0.5) is 0 Å². The summed E-state index contributed by atoms with van der Waals surface area (Å²) in [6.07, 6.45) is 4.05. The molecule has 0 aliphatic rings. The third-order valence-corrected chi connectivity index (χ3v) is 3.86. The number of hydrogen-bond acceptors (Lipinski definition) is 4. The van der Waals surface area contributed by atoms with Crippen LogP contribution in [0.3, 0.4) is 0 Å². The van der Waals surface area contributed by atoms with Crippen LogP contribution in [0.25, 0.3) is 0 Å². The highest BCUT2D eigenvalue weighted by Gasteiger charge is 2.21. The second-order valence-electron chi connectivity index (χ2n) is 7.14. The van der Waals surface area contributed by atoms with Crippen molar-refractivity contribution in [1.29, 1.82) is 0 Å². The fourth-order valence-electron chi connectivity index (χ4n) is 1.88. The molecular weight excluding hydrogens is 342 g/mol. The number of rotatable bonds is 14. The molecule has 0 aliphatic carbocycles. The molecule has 0 aromatic carbocycles. The summed E-state index contributed by atoms with van der Waals surface area (Å²) in [4.78, 5) is 11.3. The quantitative estimate of drug-likeness (QED) is 0.405. The minimum absolute atomic E-state index is 0.126. The van der Waals surface area contributed by atoms with Gasteiger partial charge in [-0.2, -0.15) is 0 Å². The molecule has 0 aliphatic heterocycles. The second kappa shape index (κ2) is 20.1. The maximum atomic E-state index is 11.3. The van der Waals surface area contributed by atoms with E-state index in [1.54, 1.807) is 7.11 Å². The Morgan fingerprint density at radius 3 is 1.96 bits per heavy atom.